The molecule has 0 saturated heterocycles. The van der Waals surface area contributed by atoms with Crippen LogP contribution in [0.5, 0.6) is 0 Å². The number of hydrogen-bond donors (Lipinski definition) is 2. The first-order valence-corrected chi connectivity index (χ1v) is 7.00. The van der Waals surface area contributed by atoms with Crippen molar-refractivity contribution >= 4 is 5.91 Å². The van der Waals surface area contributed by atoms with Crippen molar-refractivity contribution in [2.24, 2.45) is 5.92 Å². The van der Waals surface area contributed by atoms with Crippen molar-refractivity contribution in [2.45, 2.75) is 26.3 Å². The zero-order chi connectivity index (χ0) is 15.2. The van der Waals surface area contributed by atoms with Gasteiger partial charge in [0.15, 0.2) is 0 Å². The van der Waals surface area contributed by atoms with Gasteiger partial charge in [-0.3, -0.25) is 4.79 Å². The molecular formula is C15H20N4O2. The molecule has 1 aromatic carbocycles. The van der Waals surface area contributed by atoms with Crippen LogP contribution in [-0.4, -0.2) is 38.7 Å². The highest BCUT2D eigenvalue weighted by Gasteiger charge is 2.17. The van der Waals surface area contributed by atoms with Gasteiger partial charge in [-0.15, -0.1) is 5.10 Å². The average Bonchev–Trinajstić information content (AvgIpc) is 3.01. The van der Waals surface area contributed by atoms with E-state index in [2.05, 4.69) is 15.6 Å². The van der Waals surface area contributed by atoms with Crippen molar-refractivity contribution in [2.75, 3.05) is 6.61 Å². The van der Waals surface area contributed by atoms with E-state index in [0.717, 1.165) is 5.69 Å². The Morgan fingerprint density at radius 1 is 1.43 bits per heavy atom. The van der Waals surface area contributed by atoms with E-state index >= 15 is 0 Å². The van der Waals surface area contributed by atoms with E-state index in [9.17, 15) is 4.79 Å². The van der Waals surface area contributed by atoms with Gasteiger partial charge >= 0.3 is 0 Å². The second kappa shape index (κ2) is 6.99. The Morgan fingerprint density at radius 3 is 2.86 bits per heavy atom. The Labute approximate surface area is 123 Å². The molecule has 0 spiro atoms. The van der Waals surface area contributed by atoms with Crippen molar-refractivity contribution in [1.82, 2.24) is 20.3 Å². The summed E-state index contributed by atoms with van der Waals surface area (Å²) in [6, 6.07) is 7.14. The number of aromatic nitrogens is 3. The fraction of sp³-hybridized carbons (Fsp3) is 0.400. The van der Waals surface area contributed by atoms with E-state index in [1.54, 1.807) is 29.2 Å². The molecule has 1 aromatic heterocycles. The molecule has 0 aliphatic heterocycles. The lowest BCUT2D eigenvalue weighted by molar-refractivity contribution is 0.0916. The molecular weight excluding hydrogens is 268 g/mol. The molecule has 0 aliphatic carbocycles. The molecule has 1 heterocycles. The predicted octanol–water partition coefficient (Wildman–Crippen LogP) is 1.40. The van der Waals surface area contributed by atoms with E-state index in [4.69, 9.17) is 5.11 Å². The van der Waals surface area contributed by atoms with Crippen molar-refractivity contribution in [3.63, 3.8) is 0 Å². The molecule has 0 radical (unpaired) electrons. The zero-order valence-electron chi connectivity index (χ0n) is 12.2. The van der Waals surface area contributed by atoms with Gasteiger partial charge in [0, 0.05) is 18.2 Å². The van der Waals surface area contributed by atoms with Gasteiger partial charge in [-0.1, -0.05) is 25.1 Å². The standard InChI is InChI=1S/C15H20N4O2/c1-11(2)14(6-9-20)17-15(21)12-4-3-5-13(10-12)19-8-7-16-18-19/h3-5,7-8,10-11,14,20H,6,9H2,1-2H3,(H,17,21). The summed E-state index contributed by atoms with van der Waals surface area (Å²) in [4.78, 5) is 12.3. The maximum absolute atomic E-state index is 12.3. The van der Waals surface area contributed by atoms with Crippen LogP contribution in [0, 0.1) is 5.92 Å². The number of benzene rings is 1. The van der Waals surface area contributed by atoms with Crippen LogP contribution in [-0.2, 0) is 0 Å². The molecule has 1 unspecified atom stereocenters. The van der Waals surface area contributed by atoms with Crippen LogP contribution in [0.3, 0.4) is 0 Å². The summed E-state index contributed by atoms with van der Waals surface area (Å²) in [5, 5.41) is 19.7. The van der Waals surface area contributed by atoms with Gasteiger partial charge in [-0.05, 0) is 30.5 Å². The number of rotatable bonds is 6. The fourth-order valence-electron chi connectivity index (χ4n) is 2.10. The van der Waals surface area contributed by atoms with Gasteiger partial charge in [-0.25, -0.2) is 4.68 Å². The quantitative estimate of drug-likeness (QED) is 0.842. The Balaban J connectivity index is 2.14. The molecule has 2 aromatic rings. The number of hydrogen-bond acceptors (Lipinski definition) is 4. The first kappa shape index (κ1) is 15.2. The SMILES string of the molecule is CC(C)C(CCO)NC(=O)c1cccc(-n2ccnn2)c1. The molecule has 6 heteroatoms. The fourth-order valence-corrected chi connectivity index (χ4v) is 2.10. The molecule has 6 nitrogen and oxygen atoms in total. The van der Waals surface area contributed by atoms with E-state index in [1.165, 1.54) is 0 Å². The van der Waals surface area contributed by atoms with Crippen LogP contribution in [0.25, 0.3) is 5.69 Å². The first-order chi connectivity index (χ1) is 10.1. The van der Waals surface area contributed by atoms with Crippen LogP contribution in [0.1, 0.15) is 30.6 Å². The third-order valence-corrected chi connectivity index (χ3v) is 3.36. The molecule has 2 rings (SSSR count). The molecule has 0 aliphatic rings. The van der Waals surface area contributed by atoms with Crippen LogP contribution in [0.4, 0.5) is 0 Å². The summed E-state index contributed by atoms with van der Waals surface area (Å²) in [5.41, 5.74) is 1.34. The largest absolute Gasteiger partial charge is 0.396 e. The minimum Gasteiger partial charge on any atom is -0.396 e. The predicted molar refractivity (Wildman–Crippen MR) is 79.2 cm³/mol. The van der Waals surface area contributed by atoms with Crippen LogP contribution >= 0.6 is 0 Å². The van der Waals surface area contributed by atoms with Crippen molar-refractivity contribution in [1.29, 1.82) is 0 Å². The van der Waals surface area contributed by atoms with Gasteiger partial charge in [0.1, 0.15) is 0 Å². The Kier molecular flexibility index (Phi) is 5.05. The number of carbonyl (C=O) groups excluding carboxylic acids is 1. The van der Waals surface area contributed by atoms with Gasteiger partial charge in [0.05, 0.1) is 18.1 Å². The lowest BCUT2D eigenvalue weighted by Crippen LogP contribution is -2.39. The second-order valence-corrected chi connectivity index (χ2v) is 5.23. The maximum atomic E-state index is 12.3. The summed E-state index contributed by atoms with van der Waals surface area (Å²) in [6.07, 6.45) is 3.86. The van der Waals surface area contributed by atoms with Crippen LogP contribution in [0.2, 0.25) is 0 Å². The lowest BCUT2D eigenvalue weighted by atomic mass is 10.0. The number of nitrogens with zero attached hydrogens (tertiary/aromatic N) is 3. The number of amides is 1. The van der Waals surface area contributed by atoms with Crippen LogP contribution in [0.15, 0.2) is 36.7 Å². The number of aliphatic hydroxyl groups excluding tert-OH is 1. The smallest absolute Gasteiger partial charge is 0.251 e. The molecule has 2 N–H and O–H groups in total. The van der Waals surface area contributed by atoms with E-state index in [0.29, 0.717) is 12.0 Å². The Bertz CT molecular complexity index is 581. The summed E-state index contributed by atoms with van der Waals surface area (Å²) in [5.74, 6) is 0.115. The van der Waals surface area contributed by atoms with Crippen molar-refractivity contribution in [3.05, 3.63) is 42.2 Å². The zero-order valence-corrected chi connectivity index (χ0v) is 12.2. The Morgan fingerprint density at radius 2 is 2.24 bits per heavy atom. The highest BCUT2D eigenvalue weighted by atomic mass is 16.3. The maximum Gasteiger partial charge on any atom is 0.251 e. The minimum atomic E-state index is -0.149. The van der Waals surface area contributed by atoms with E-state index < -0.39 is 0 Å². The molecule has 112 valence electrons. The van der Waals surface area contributed by atoms with E-state index in [-0.39, 0.29) is 24.5 Å². The molecule has 21 heavy (non-hydrogen) atoms. The van der Waals surface area contributed by atoms with Gasteiger partial charge < -0.3 is 10.4 Å². The third-order valence-electron chi connectivity index (χ3n) is 3.36. The average molecular weight is 288 g/mol. The number of aliphatic hydroxyl groups is 1. The summed E-state index contributed by atoms with van der Waals surface area (Å²) < 4.78 is 1.60. The third kappa shape index (κ3) is 3.88. The monoisotopic (exact) mass is 288 g/mol. The van der Waals surface area contributed by atoms with Gasteiger partial charge in [0.2, 0.25) is 0 Å². The highest BCUT2D eigenvalue weighted by molar-refractivity contribution is 5.94. The number of nitrogens with one attached hydrogen (secondary N) is 1. The minimum absolute atomic E-state index is 0.0440. The Hall–Kier alpha value is -2.21. The van der Waals surface area contributed by atoms with Crippen molar-refractivity contribution in [3.8, 4) is 5.69 Å². The van der Waals surface area contributed by atoms with Gasteiger partial charge in [0.25, 0.3) is 5.91 Å². The molecule has 0 fully saturated rings. The second-order valence-electron chi connectivity index (χ2n) is 5.23. The molecule has 1 amide bonds. The first-order valence-electron chi connectivity index (χ1n) is 7.00. The summed E-state index contributed by atoms with van der Waals surface area (Å²) in [7, 11) is 0. The number of carbonyl (C=O) groups is 1. The highest BCUT2D eigenvalue weighted by Crippen LogP contribution is 2.11. The van der Waals surface area contributed by atoms with Crippen LogP contribution < -0.4 is 5.32 Å². The summed E-state index contributed by atoms with van der Waals surface area (Å²) >= 11 is 0. The van der Waals surface area contributed by atoms with E-state index in [1.807, 2.05) is 26.0 Å². The van der Waals surface area contributed by atoms with Crippen molar-refractivity contribution < 1.29 is 9.90 Å². The molecule has 0 bridgehead atoms. The molecule has 0 saturated carbocycles. The molecule has 1 atom stereocenters. The topological polar surface area (TPSA) is 80.0 Å². The van der Waals surface area contributed by atoms with Gasteiger partial charge in [-0.2, -0.15) is 0 Å². The normalized spacial score (nSPS) is 12.4. The lowest BCUT2D eigenvalue weighted by Gasteiger charge is -2.21. The summed E-state index contributed by atoms with van der Waals surface area (Å²) in [6.45, 7) is 4.10.